The van der Waals surface area contributed by atoms with Gasteiger partial charge in [-0.05, 0) is 30.3 Å². The summed E-state index contributed by atoms with van der Waals surface area (Å²) in [5, 5.41) is 3.73. The largest absolute Gasteiger partial charge is 0.493 e. The zero-order chi connectivity index (χ0) is 22.0. The number of carbonyl (C=O) groups is 1. The Kier molecular flexibility index (Phi) is 5.64. The number of rotatable bonds is 6. The molecular formula is C23H21N3O4S. The molecule has 0 fully saturated rings. The molecule has 0 spiro atoms. The van der Waals surface area contributed by atoms with Crippen LogP contribution < -0.4 is 25.3 Å². The Morgan fingerprint density at radius 3 is 2.35 bits per heavy atom. The minimum Gasteiger partial charge on any atom is -0.493 e. The van der Waals surface area contributed by atoms with Crippen LogP contribution in [-0.4, -0.2) is 32.2 Å². The predicted octanol–water partition coefficient (Wildman–Crippen LogP) is 4.82. The summed E-state index contributed by atoms with van der Waals surface area (Å²) in [4.78, 5) is 17.5. The van der Waals surface area contributed by atoms with Gasteiger partial charge >= 0.3 is 0 Å². The van der Waals surface area contributed by atoms with Crippen molar-refractivity contribution in [2.75, 3.05) is 32.4 Å². The zero-order valence-corrected chi connectivity index (χ0v) is 18.1. The molecule has 0 saturated heterocycles. The molecule has 158 valence electrons. The van der Waals surface area contributed by atoms with Gasteiger partial charge in [0, 0.05) is 34.6 Å². The van der Waals surface area contributed by atoms with E-state index in [1.54, 1.807) is 18.2 Å². The van der Waals surface area contributed by atoms with Crippen molar-refractivity contribution < 1.29 is 19.0 Å². The van der Waals surface area contributed by atoms with Gasteiger partial charge in [-0.2, -0.15) is 0 Å². The number of benzene rings is 3. The van der Waals surface area contributed by atoms with E-state index in [0.29, 0.717) is 34.2 Å². The number of carbonyl (C=O) groups excluding carboxylic acids is 1. The minimum absolute atomic E-state index is 0.255. The second kappa shape index (κ2) is 8.53. The fraction of sp³-hybridized carbons (Fsp3) is 0.130. The Hall–Kier alpha value is -3.78. The number of aromatic nitrogens is 1. The molecule has 0 saturated carbocycles. The maximum Gasteiger partial charge on any atom is 0.255 e. The van der Waals surface area contributed by atoms with Crippen molar-refractivity contribution >= 4 is 38.8 Å². The first-order valence-corrected chi connectivity index (χ1v) is 10.2. The molecule has 0 unspecified atom stereocenters. The van der Waals surface area contributed by atoms with Crippen LogP contribution in [0.2, 0.25) is 0 Å². The summed E-state index contributed by atoms with van der Waals surface area (Å²) in [7, 11) is 4.58. The van der Waals surface area contributed by atoms with Crippen LogP contribution in [0.25, 0.3) is 20.8 Å². The van der Waals surface area contributed by atoms with E-state index in [2.05, 4.69) is 10.3 Å². The van der Waals surface area contributed by atoms with Crippen LogP contribution in [0.1, 0.15) is 10.4 Å². The van der Waals surface area contributed by atoms with Crippen LogP contribution in [0.15, 0.2) is 54.6 Å². The highest BCUT2D eigenvalue weighted by Crippen LogP contribution is 2.40. The molecule has 7 nitrogen and oxygen atoms in total. The van der Waals surface area contributed by atoms with Crippen molar-refractivity contribution in [1.82, 2.24) is 4.98 Å². The van der Waals surface area contributed by atoms with E-state index in [1.807, 2.05) is 36.4 Å². The molecule has 0 aliphatic carbocycles. The lowest BCUT2D eigenvalue weighted by atomic mass is 10.2. The molecule has 1 aromatic heterocycles. The number of hydrogen-bond donors (Lipinski definition) is 2. The molecule has 3 aromatic carbocycles. The van der Waals surface area contributed by atoms with Crippen LogP contribution in [0.3, 0.4) is 0 Å². The van der Waals surface area contributed by atoms with E-state index in [-0.39, 0.29) is 5.91 Å². The number of hydrogen-bond acceptors (Lipinski definition) is 7. The number of thiazole rings is 1. The van der Waals surface area contributed by atoms with Gasteiger partial charge < -0.3 is 25.3 Å². The van der Waals surface area contributed by atoms with Crippen molar-refractivity contribution in [2.24, 2.45) is 0 Å². The van der Waals surface area contributed by atoms with Crippen molar-refractivity contribution in [1.29, 1.82) is 0 Å². The standard InChI is InChI=1S/C23H21N3O4S/c1-28-18-11-16(12-19(29-2)21(18)30-3)25-22(27)13-7-8-17-20(10-13)31-23(26-17)14-5-4-6-15(24)9-14/h4-12H,24H2,1-3H3,(H,25,27). The molecule has 0 aliphatic rings. The van der Waals surface area contributed by atoms with E-state index in [0.717, 1.165) is 20.8 Å². The third-order valence-corrected chi connectivity index (χ3v) is 5.77. The molecule has 0 radical (unpaired) electrons. The number of nitrogens with two attached hydrogens (primary N) is 1. The zero-order valence-electron chi connectivity index (χ0n) is 17.3. The highest BCUT2D eigenvalue weighted by atomic mass is 32.1. The van der Waals surface area contributed by atoms with Gasteiger partial charge in [0.15, 0.2) is 11.5 Å². The molecule has 4 aromatic rings. The summed E-state index contributed by atoms with van der Waals surface area (Å²) in [5.74, 6) is 1.13. The smallest absolute Gasteiger partial charge is 0.255 e. The maximum absolute atomic E-state index is 12.9. The Labute approximate surface area is 183 Å². The second-order valence-electron chi connectivity index (χ2n) is 6.70. The summed E-state index contributed by atoms with van der Waals surface area (Å²) >= 11 is 1.51. The molecular weight excluding hydrogens is 414 g/mol. The van der Waals surface area contributed by atoms with Crippen LogP contribution >= 0.6 is 11.3 Å². The minimum atomic E-state index is -0.255. The molecule has 1 amide bonds. The van der Waals surface area contributed by atoms with Gasteiger partial charge in [0.05, 0.1) is 31.5 Å². The first kappa shape index (κ1) is 20.5. The monoisotopic (exact) mass is 435 g/mol. The highest BCUT2D eigenvalue weighted by molar-refractivity contribution is 7.21. The lowest BCUT2D eigenvalue weighted by Gasteiger charge is -2.14. The van der Waals surface area contributed by atoms with Crippen LogP contribution in [0.4, 0.5) is 11.4 Å². The third-order valence-electron chi connectivity index (χ3n) is 4.71. The van der Waals surface area contributed by atoms with Gasteiger partial charge in [-0.25, -0.2) is 4.98 Å². The first-order valence-electron chi connectivity index (χ1n) is 9.40. The summed E-state index contributed by atoms with van der Waals surface area (Å²) in [5.41, 5.74) is 9.39. The quantitative estimate of drug-likeness (QED) is 0.422. The summed E-state index contributed by atoms with van der Waals surface area (Å²) in [6.45, 7) is 0. The van der Waals surface area contributed by atoms with Crippen molar-refractivity contribution in [3.8, 4) is 27.8 Å². The number of nitrogens with one attached hydrogen (secondary N) is 1. The SMILES string of the molecule is COc1cc(NC(=O)c2ccc3nc(-c4cccc(N)c4)sc3c2)cc(OC)c1OC. The summed E-state index contributed by atoms with van der Waals surface area (Å²) in [6.07, 6.45) is 0. The summed E-state index contributed by atoms with van der Waals surface area (Å²) < 4.78 is 16.9. The average Bonchev–Trinajstić information content (AvgIpc) is 3.21. The normalized spacial score (nSPS) is 10.7. The third kappa shape index (κ3) is 4.10. The second-order valence-corrected chi connectivity index (χ2v) is 7.73. The van der Waals surface area contributed by atoms with Crippen molar-refractivity contribution in [3.63, 3.8) is 0 Å². The van der Waals surface area contributed by atoms with Gasteiger partial charge in [0.2, 0.25) is 5.75 Å². The van der Waals surface area contributed by atoms with E-state index >= 15 is 0 Å². The summed E-state index contributed by atoms with van der Waals surface area (Å²) in [6, 6.07) is 16.4. The van der Waals surface area contributed by atoms with Crippen molar-refractivity contribution in [2.45, 2.75) is 0 Å². The van der Waals surface area contributed by atoms with Gasteiger partial charge in [-0.3, -0.25) is 4.79 Å². The van der Waals surface area contributed by atoms with E-state index in [9.17, 15) is 4.79 Å². The number of anilines is 2. The number of fused-ring (bicyclic) bond motifs is 1. The lowest BCUT2D eigenvalue weighted by molar-refractivity contribution is 0.102. The number of nitrogens with zero attached hydrogens (tertiary/aromatic N) is 1. The van der Waals surface area contributed by atoms with E-state index in [1.165, 1.54) is 32.7 Å². The van der Waals surface area contributed by atoms with Crippen LogP contribution in [0.5, 0.6) is 17.2 Å². The number of ether oxygens (including phenoxy) is 3. The topological polar surface area (TPSA) is 95.7 Å². The molecule has 8 heteroatoms. The van der Waals surface area contributed by atoms with Crippen molar-refractivity contribution in [3.05, 3.63) is 60.2 Å². The molecule has 0 aliphatic heterocycles. The maximum atomic E-state index is 12.9. The van der Waals surface area contributed by atoms with Crippen LogP contribution in [0, 0.1) is 0 Å². The Morgan fingerprint density at radius 2 is 1.71 bits per heavy atom. The number of amides is 1. The number of methoxy groups -OCH3 is 3. The van der Waals surface area contributed by atoms with E-state index < -0.39 is 0 Å². The van der Waals surface area contributed by atoms with E-state index in [4.69, 9.17) is 19.9 Å². The molecule has 1 heterocycles. The Morgan fingerprint density at radius 1 is 0.968 bits per heavy atom. The fourth-order valence-electron chi connectivity index (χ4n) is 3.22. The molecule has 4 rings (SSSR count). The van der Waals surface area contributed by atoms with Gasteiger partial charge in [-0.15, -0.1) is 11.3 Å². The molecule has 0 atom stereocenters. The fourth-order valence-corrected chi connectivity index (χ4v) is 4.22. The van der Waals surface area contributed by atoms with Gasteiger partial charge in [0.25, 0.3) is 5.91 Å². The molecule has 0 bridgehead atoms. The van der Waals surface area contributed by atoms with Crippen LogP contribution in [-0.2, 0) is 0 Å². The highest BCUT2D eigenvalue weighted by Gasteiger charge is 2.16. The Bertz CT molecular complexity index is 1240. The van der Waals surface area contributed by atoms with Gasteiger partial charge in [-0.1, -0.05) is 12.1 Å². The lowest BCUT2D eigenvalue weighted by Crippen LogP contribution is -2.12. The predicted molar refractivity (Wildman–Crippen MR) is 124 cm³/mol. The first-order chi connectivity index (χ1) is 15.0. The van der Waals surface area contributed by atoms with Gasteiger partial charge in [0.1, 0.15) is 5.01 Å². The Balaban J connectivity index is 1.62. The molecule has 31 heavy (non-hydrogen) atoms. The average molecular weight is 436 g/mol. The number of nitrogen functional groups attached to an aromatic ring is 1. The molecule has 3 N–H and O–H groups in total.